The smallest absolute Gasteiger partial charge is 0.147 e. The summed E-state index contributed by atoms with van der Waals surface area (Å²) in [6.45, 7) is 4.17. The molecular formula is C13H13BrClN3. The maximum Gasteiger partial charge on any atom is 0.147 e. The summed E-state index contributed by atoms with van der Waals surface area (Å²) in [4.78, 5) is 12.9. The Morgan fingerprint density at radius 2 is 1.89 bits per heavy atom. The second-order valence-electron chi connectivity index (χ2n) is 4.32. The van der Waals surface area contributed by atoms with Crippen molar-refractivity contribution in [1.82, 2.24) is 15.0 Å². The lowest BCUT2D eigenvalue weighted by atomic mass is 10.1. The summed E-state index contributed by atoms with van der Waals surface area (Å²) < 4.78 is 0.789. The molecule has 0 saturated heterocycles. The van der Waals surface area contributed by atoms with E-state index in [-0.39, 0.29) is 0 Å². The summed E-state index contributed by atoms with van der Waals surface area (Å²) in [6.07, 6.45) is 4.19. The van der Waals surface area contributed by atoms with Crippen molar-refractivity contribution in [1.29, 1.82) is 0 Å². The van der Waals surface area contributed by atoms with Crippen molar-refractivity contribution in [3.63, 3.8) is 0 Å². The average molecular weight is 327 g/mol. The Bertz CT molecular complexity index is 543. The van der Waals surface area contributed by atoms with E-state index in [1.54, 1.807) is 12.4 Å². The van der Waals surface area contributed by atoms with Crippen molar-refractivity contribution >= 4 is 27.5 Å². The molecule has 5 heteroatoms. The molecule has 0 radical (unpaired) electrons. The lowest BCUT2D eigenvalue weighted by molar-refractivity contribution is 0.783. The quantitative estimate of drug-likeness (QED) is 0.800. The third-order valence-electron chi connectivity index (χ3n) is 2.54. The van der Waals surface area contributed by atoms with Gasteiger partial charge in [-0.25, -0.2) is 9.97 Å². The predicted octanol–water partition coefficient (Wildman–Crippen LogP) is 4.00. The van der Waals surface area contributed by atoms with Gasteiger partial charge in [-0.2, -0.15) is 0 Å². The molecule has 0 aliphatic carbocycles. The van der Waals surface area contributed by atoms with Gasteiger partial charge in [0.2, 0.25) is 0 Å². The van der Waals surface area contributed by atoms with Gasteiger partial charge < -0.3 is 0 Å². The third kappa shape index (κ3) is 3.06. The first-order valence-corrected chi connectivity index (χ1v) is 6.85. The number of aromatic nitrogens is 3. The standard InChI is InChI=1S/C13H13BrClN3/c1-8(2)12-11(14)13(15)18-10(17-12)7-9-3-5-16-6-4-9/h3-6,8H,7H2,1-2H3. The van der Waals surface area contributed by atoms with E-state index in [1.165, 1.54) is 0 Å². The molecule has 2 heterocycles. The Morgan fingerprint density at radius 1 is 1.22 bits per heavy atom. The lowest BCUT2D eigenvalue weighted by Gasteiger charge is -2.10. The number of rotatable bonds is 3. The third-order valence-corrected chi connectivity index (χ3v) is 3.82. The van der Waals surface area contributed by atoms with Crippen molar-refractivity contribution in [2.24, 2.45) is 0 Å². The first-order valence-electron chi connectivity index (χ1n) is 5.68. The molecule has 0 aliphatic rings. The van der Waals surface area contributed by atoms with Crippen molar-refractivity contribution in [3.8, 4) is 0 Å². The van der Waals surface area contributed by atoms with Gasteiger partial charge in [-0.05, 0) is 39.5 Å². The fourth-order valence-corrected chi connectivity index (χ4v) is 2.46. The molecule has 0 spiro atoms. The Kier molecular flexibility index (Phi) is 4.30. The molecule has 2 aromatic heterocycles. The van der Waals surface area contributed by atoms with Crippen LogP contribution < -0.4 is 0 Å². The highest BCUT2D eigenvalue weighted by Crippen LogP contribution is 2.28. The largest absolute Gasteiger partial charge is 0.265 e. The van der Waals surface area contributed by atoms with Crippen LogP contribution >= 0.6 is 27.5 Å². The van der Waals surface area contributed by atoms with Crippen LogP contribution in [0.2, 0.25) is 5.15 Å². The van der Waals surface area contributed by atoms with Crippen LogP contribution in [0.15, 0.2) is 29.0 Å². The monoisotopic (exact) mass is 325 g/mol. The maximum atomic E-state index is 6.12. The van der Waals surface area contributed by atoms with Crippen LogP contribution in [0.5, 0.6) is 0 Å². The molecule has 2 rings (SSSR count). The summed E-state index contributed by atoms with van der Waals surface area (Å²) in [7, 11) is 0. The van der Waals surface area contributed by atoms with E-state index in [1.807, 2.05) is 12.1 Å². The molecule has 0 fully saturated rings. The molecule has 94 valence electrons. The number of pyridine rings is 1. The minimum Gasteiger partial charge on any atom is -0.265 e. The van der Waals surface area contributed by atoms with Gasteiger partial charge in [-0.1, -0.05) is 25.4 Å². The second kappa shape index (κ2) is 5.76. The lowest BCUT2D eigenvalue weighted by Crippen LogP contribution is -2.04. The van der Waals surface area contributed by atoms with Gasteiger partial charge in [0.1, 0.15) is 11.0 Å². The molecule has 0 amide bonds. The van der Waals surface area contributed by atoms with Crippen LogP contribution in [0.3, 0.4) is 0 Å². The molecule has 0 aromatic carbocycles. The molecule has 3 nitrogen and oxygen atoms in total. The number of halogens is 2. The van der Waals surface area contributed by atoms with E-state index in [0.29, 0.717) is 17.5 Å². The minimum atomic E-state index is 0.302. The van der Waals surface area contributed by atoms with Crippen molar-refractivity contribution < 1.29 is 0 Å². The molecule has 0 N–H and O–H groups in total. The summed E-state index contributed by atoms with van der Waals surface area (Å²) in [5, 5.41) is 0.470. The molecule has 0 unspecified atom stereocenters. The molecular weight excluding hydrogens is 314 g/mol. The van der Waals surface area contributed by atoms with Gasteiger partial charge in [-0.3, -0.25) is 4.98 Å². The van der Waals surface area contributed by atoms with E-state index in [2.05, 4.69) is 44.7 Å². The average Bonchev–Trinajstić information content (AvgIpc) is 2.34. The van der Waals surface area contributed by atoms with Crippen LogP contribution in [-0.2, 0) is 6.42 Å². The van der Waals surface area contributed by atoms with E-state index >= 15 is 0 Å². The SMILES string of the molecule is CC(C)c1nc(Cc2ccncc2)nc(Cl)c1Br. The zero-order valence-electron chi connectivity index (χ0n) is 10.2. The molecule has 0 saturated carbocycles. The van der Waals surface area contributed by atoms with Crippen LogP contribution in [0, 0.1) is 0 Å². The summed E-state index contributed by atoms with van der Waals surface area (Å²) in [5.41, 5.74) is 2.07. The van der Waals surface area contributed by atoms with Crippen LogP contribution in [0.1, 0.15) is 36.8 Å². The first kappa shape index (κ1) is 13.4. The van der Waals surface area contributed by atoms with Crippen LogP contribution in [-0.4, -0.2) is 15.0 Å². The fourth-order valence-electron chi connectivity index (χ4n) is 1.63. The van der Waals surface area contributed by atoms with Crippen LogP contribution in [0.25, 0.3) is 0 Å². The summed E-state index contributed by atoms with van der Waals surface area (Å²) in [6, 6.07) is 3.91. The van der Waals surface area contributed by atoms with Crippen molar-refractivity contribution in [2.45, 2.75) is 26.2 Å². The van der Waals surface area contributed by atoms with Gasteiger partial charge in [-0.15, -0.1) is 0 Å². The van der Waals surface area contributed by atoms with Crippen molar-refractivity contribution in [3.05, 3.63) is 51.2 Å². The molecule has 2 aromatic rings. The molecule has 0 atom stereocenters. The van der Waals surface area contributed by atoms with E-state index < -0.39 is 0 Å². The molecule has 0 aliphatic heterocycles. The van der Waals surface area contributed by atoms with E-state index in [9.17, 15) is 0 Å². The molecule has 18 heavy (non-hydrogen) atoms. The normalized spacial score (nSPS) is 10.9. The highest BCUT2D eigenvalue weighted by molar-refractivity contribution is 9.10. The van der Waals surface area contributed by atoms with Gasteiger partial charge in [0.25, 0.3) is 0 Å². The van der Waals surface area contributed by atoms with E-state index in [4.69, 9.17) is 11.6 Å². The number of hydrogen-bond donors (Lipinski definition) is 0. The van der Waals surface area contributed by atoms with Gasteiger partial charge in [0, 0.05) is 18.8 Å². The first-order chi connectivity index (χ1) is 8.58. The van der Waals surface area contributed by atoms with Gasteiger partial charge >= 0.3 is 0 Å². The van der Waals surface area contributed by atoms with Crippen LogP contribution in [0.4, 0.5) is 0 Å². The maximum absolute atomic E-state index is 6.12. The summed E-state index contributed by atoms with van der Waals surface area (Å²) >= 11 is 9.55. The Labute approximate surface area is 120 Å². The molecule has 0 bridgehead atoms. The van der Waals surface area contributed by atoms with Gasteiger partial charge in [0.05, 0.1) is 10.2 Å². The Hall–Kier alpha value is -1.00. The Balaban J connectivity index is 2.35. The zero-order valence-corrected chi connectivity index (χ0v) is 12.5. The minimum absolute atomic E-state index is 0.302. The zero-order chi connectivity index (χ0) is 13.1. The van der Waals surface area contributed by atoms with E-state index in [0.717, 1.165) is 21.6 Å². The number of nitrogens with zero attached hydrogens (tertiary/aromatic N) is 3. The summed E-state index contributed by atoms with van der Waals surface area (Å²) in [5.74, 6) is 1.04. The van der Waals surface area contributed by atoms with Gasteiger partial charge in [0.15, 0.2) is 0 Å². The fraction of sp³-hybridized carbons (Fsp3) is 0.308. The highest BCUT2D eigenvalue weighted by atomic mass is 79.9. The van der Waals surface area contributed by atoms with Crippen molar-refractivity contribution in [2.75, 3.05) is 0 Å². The second-order valence-corrected chi connectivity index (χ2v) is 5.47. The predicted molar refractivity (Wildman–Crippen MR) is 75.9 cm³/mol. The number of hydrogen-bond acceptors (Lipinski definition) is 3. The Morgan fingerprint density at radius 3 is 2.50 bits per heavy atom. The topological polar surface area (TPSA) is 38.7 Å². The highest BCUT2D eigenvalue weighted by Gasteiger charge is 2.13.